The first-order valence-corrected chi connectivity index (χ1v) is 10.7. The maximum Gasteiger partial charge on any atom is 0.267 e. The largest absolute Gasteiger partial charge is 0.489 e. The first kappa shape index (κ1) is 21.4. The van der Waals surface area contributed by atoms with Gasteiger partial charge in [-0.05, 0) is 42.3 Å². The highest BCUT2D eigenvalue weighted by molar-refractivity contribution is 6.00. The summed E-state index contributed by atoms with van der Waals surface area (Å²) in [7, 11) is 0. The fourth-order valence-electron chi connectivity index (χ4n) is 3.54. The number of hydrogen-bond acceptors (Lipinski definition) is 4. The molecule has 164 valence electrons. The van der Waals surface area contributed by atoms with Crippen molar-refractivity contribution < 1.29 is 19.1 Å². The number of nitrogens with one attached hydrogen (secondary N) is 1. The van der Waals surface area contributed by atoms with Crippen LogP contribution >= 0.6 is 0 Å². The van der Waals surface area contributed by atoms with Gasteiger partial charge in [-0.2, -0.15) is 0 Å². The third kappa shape index (κ3) is 5.27. The average molecular weight is 431 g/mol. The predicted octanol–water partition coefficient (Wildman–Crippen LogP) is 4.09. The quantitative estimate of drug-likeness (QED) is 0.585. The third-order valence-electron chi connectivity index (χ3n) is 5.30. The zero-order valence-corrected chi connectivity index (χ0v) is 18.0. The Morgan fingerprint density at radius 1 is 0.969 bits per heavy atom. The van der Waals surface area contributed by atoms with E-state index in [-0.39, 0.29) is 18.2 Å². The van der Waals surface area contributed by atoms with E-state index in [2.05, 4.69) is 5.32 Å². The number of benzene rings is 3. The van der Waals surface area contributed by atoms with Crippen LogP contribution in [0.5, 0.6) is 11.5 Å². The Labute approximate surface area is 187 Å². The minimum atomic E-state index is -0.560. The summed E-state index contributed by atoms with van der Waals surface area (Å²) in [5.74, 6) is 1.19. The minimum Gasteiger partial charge on any atom is -0.489 e. The molecule has 0 aromatic heterocycles. The number of rotatable bonds is 8. The van der Waals surface area contributed by atoms with Crippen molar-refractivity contribution in [2.24, 2.45) is 0 Å². The Morgan fingerprint density at radius 3 is 2.47 bits per heavy atom. The molecule has 2 amide bonds. The van der Waals surface area contributed by atoms with Crippen molar-refractivity contribution in [2.45, 2.75) is 32.6 Å². The van der Waals surface area contributed by atoms with Crippen molar-refractivity contribution in [3.05, 3.63) is 90.0 Å². The molecule has 0 saturated carbocycles. The van der Waals surface area contributed by atoms with Gasteiger partial charge >= 0.3 is 0 Å². The molecule has 6 heteroatoms. The molecule has 4 rings (SSSR count). The van der Waals surface area contributed by atoms with Crippen LogP contribution in [0.4, 0.5) is 5.69 Å². The number of carbonyl (C=O) groups excluding carboxylic acids is 2. The van der Waals surface area contributed by atoms with Gasteiger partial charge in [-0.25, -0.2) is 0 Å². The fourth-order valence-corrected chi connectivity index (χ4v) is 3.54. The van der Waals surface area contributed by atoms with Gasteiger partial charge in [-0.1, -0.05) is 54.6 Å². The number of hydrogen-bond donors (Lipinski definition) is 1. The van der Waals surface area contributed by atoms with Crippen LogP contribution in [0.1, 0.15) is 24.5 Å². The van der Waals surface area contributed by atoms with E-state index in [1.54, 1.807) is 11.8 Å². The van der Waals surface area contributed by atoms with Crippen LogP contribution in [0, 0.1) is 0 Å². The van der Waals surface area contributed by atoms with Crippen molar-refractivity contribution in [1.82, 2.24) is 5.32 Å². The van der Waals surface area contributed by atoms with E-state index in [0.29, 0.717) is 31.1 Å². The molecule has 1 N–H and O–H groups in total. The lowest BCUT2D eigenvalue weighted by atomic mass is 10.1. The zero-order chi connectivity index (χ0) is 22.3. The van der Waals surface area contributed by atoms with Crippen molar-refractivity contribution >= 4 is 17.5 Å². The topological polar surface area (TPSA) is 67.9 Å². The molecule has 0 fully saturated rings. The van der Waals surface area contributed by atoms with Gasteiger partial charge < -0.3 is 19.7 Å². The second-order valence-electron chi connectivity index (χ2n) is 7.66. The Hall–Kier alpha value is -3.80. The summed E-state index contributed by atoms with van der Waals surface area (Å²) in [5.41, 5.74) is 2.79. The normalized spacial score (nSPS) is 15.0. The Bertz CT molecular complexity index is 1070. The summed E-state index contributed by atoms with van der Waals surface area (Å²) in [6.45, 7) is 2.96. The van der Waals surface area contributed by atoms with Crippen molar-refractivity contribution in [2.75, 3.05) is 11.4 Å². The van der Waals surface area contributed by atoms with Gasteiger partial charge in [-0.3, -0.25) is 9.59 Å². The van der Waals surface area contributed by atoms with Crippen LogP contribution in [0.15, 0.2) is 78.9 Å². The summed E-state index contributed by atoms with van der Waals surface area (Å²) in [6, 6.07) is 25.0. The standard InChI is InChI=1S/C26H26N2O4/c1-19-26(30)28(23-9-5-6-10-24(23)32-19)16-15-25(29)27-17-20-11-13-22(14-12-20)31-18-21-7-3-2-4-8-21/h2-14,19H,15-18H2,1H3,(H,27,29). The van der Waals surface area contributed by atoms with Crippen LogP contribution in [0.3, 0.4) is 0 Å². The molecule has 32 heavy (non-hydrogen) atoms. The molecule has 0 aliphatic carbocycles. The molecular weight excluding hydrogens is 404 g/mol. The van der Waals surface area contributed by atoms with Gasteiger partial charge in [0, 0.05) is 19.5 Å². The maximum absolute atomic E-state index is 12.5. The average Bonchev–Trinajstić information content (AvgIpc) is 2.83. The number of carbonyl (C=O) groups is 2. The van der Waals surface area contributed by atoms with Gasteiger partial charge in [0.1, 0.15) is 18.1 Å². The third-order valence-corrected chi connectivity index (χ3v) is 5.30. The zero-order valence-electron chi connectivity index (χ0n) is 18.0. The lowest BCUT2D eigenvalue weighted by molar-refractivity contribution is -0.125. The fraction of sp³-hybridized carbons (Fsp3) is 0.231. The van der Waals surface area contributed by atoms with E-state index in [0.717, 1.165) is 16.9 Å². The van der Waals surface area contributed by atoms with Crippen molar-refractivity contribution in [3.8, 4) is 11.5 Å². The molecule has 3 aromatic rings. The van der Waals surface area contributed by atoms with E-state index in [1.807, 2.05) is 78.9 Å². The number of fused-ring (bicyclic) bond motifs is 1. The van der Waals surface area contributed by atoms with Crippen LogP contribution < -0.4 is 19.7 Å². The highest BCUT2D eigenvalue weighted by Crippen LogP contribution is 2.33. The molecule has 0 bridgehead atoms. The smallest absolute Gasteiger partial charge is 0.267 e. The molecular formula is C26H26N2O4. The van der Waals surface area contributed by atoms with E-state index in [9.17, 15) is 9.59 Å². The first-order chi connectivity index (χ1) is 15.6. The van der Waals surface area contributed by atoms with Gasteiger partial charge in [0.25, 0.3) is 5.91 Å². The van der Waals surface area contributed by atoms with Crippen LogP contribution in [-0.2, 0) is 22.7 Å². The summed E-state index contributed by atoms with van der Waals surface area (Å²) in [5, 5.41) is 2.92. The predicted molar refractivity (Wildman–Crippen MR) is 123 cm³/mol. The molecule has 1 heterocycles. The molecule has 0 saturated heterocycles. The van der Waals surface area contributed by atoms with Crippen molar-refractivity contribution in [1.29, 1.82) is 0 Å². The van der Waals surface area contributed by atoms with Crippen LogP contribution in [-0.4, -0.2) is 24.5 Å². The Balaban J connectivity index is 1.25. The molecule has 3 aromatic carbocycles. The summed E-state index contributed by atoms with van der Waals surface area (Å²) < 4.78 is 11.4. The van der Waals surface area contributed by atoms with E-state index in [4.69, 9.17) is 9.47 Å². The highest BCUT2D eigenvalue weighted by atomic mass is 16.5. The highest BCUT2D eigenvalue weighted by Gasteiger charge is 2.31. The van der Waals surface area contributed by atoms with Gasteiger partial charge in [0.15, 0.2) is 6.10 Å². The molecule has 1 aliphatic rings. The molecule has 1 unspecified atom stereocenters. The van der Waals surface area contributed by atoms with Gasteiger partial charge in [0.2, 0.25) is 5.91 Å². The summed E-state index contributed by atoms with van der Waals surface area (Å²) >= 11 is 0. The second kappa shape index (κ2) is 10.0. The molecule has 1 atom stereocenters. The molecule has 6 nitrogen and oxygen atoms in total. The first-order valence-electron chi connectivity index (χ1n) is 10.7. The number of ether oxygens (including phenoxy) is 2. The lowest BCUT2D eigenvalue weighted by Gasteiger charge is -2.32. The number of nitrogens with zero attached hydrogens (tertiary/aromatic N) is 1. The second-order valence-corrected chi connectivity index (χ2v) is 7.66. The Kier molecular flexibility index (Phi) is 6.70. The minimum absolute atomic E-state index is 0.112. The van der Waals surface area contributed by atoms with E-state index >= 15 is 0 Å². The lowest BCUT2D eigenvalue weighted by Crippen LogP contribution is -2.45. The number of para-hydroxylation sites is 2. The number of amides is 2. The summed E-state index contributed by atoms with van der Waals surface area (Å²) in [6.07, 6.45) is -0.346. The Morgan fingerprint density at radius 2 is 1.69 bits per heavy atom. The van der Waals surface area contributed by atoms with Crippen LogP contribution in [0.25, 0.3) is 0 Å². The van der Waals surface area contributed by atoms with Gasteiger partial charge in [-0.15, -0.1) is 0 Å². The molecule has 1 aliphatic heterocycles. The number of anilines is 1. The van der Waals surface area contributed by atoms with Crippen molar-refractivity contribution in [3.63, 3.8) is 0 Å². The van der Waals surface area contributed by atoms with E-state index < -0.39 is 6.10 Å². The van der Waals surface area contributed by atoms with Crippen LogP contribution in [0.2, 0.25) is 0 Å². The molecule has 0 radical (unpaired) electrons. The SMILES string of the molecule is CC1Oc2ccccc2N(CCC(=O)NCc2ccc(OCc3ccccc3)cc2)C1=O. The maximum atomic E-state index is 12.5. The van der Waals surface area contributed by atoms with Gasteiger partial charge in [0.05, 0.1) is 5.69 Å². The summed E-state index contributed by atoms with van der Waals surface area (Å²) in [4.78, 5) is 26.5. The molecule has 0 spiro atoms. The monoisotopic (exact) mass is 430 g/mol. The van der Waals surface area contributed by atoms with E-state index in [1.165, 1.54) is 0 Å².